The maximum absolute atomic E-state index is 12.5. The van der Waals surface area contributed by atoms with Gasteiger partial charge in [-0.1, -0.05) is 12.1 Å². The Labute approximate surface area is 147 Å². The van der Waals surface area contributed by atoms with E-state index < -0.39 is 0 Å². The average Bonchev–Trinajstić information content (AvgIpc) is 3.34. The lowest BCUT2D eigenvalue weighted by molar-refractivity contribution is -0.929. The molecule has 1 amide bonds. The maximum Gasteiger partial charge on any atom is 0.275 e. The first-order valence-corrected chi connectivity index (χ1v) is 10.0. The molecule has 4 nitrogen and oxygen atoms in total. The Kier molecular flexibility index (Phi) is 4.55. The minimum Gasteiger partial charge on any atom is -0.348 e. The van der Waals surface area contributed by atoms with Crippen LogP contribution in [0.5, 0.6) is 0 Å². The van der Waals surface area contributed by atoms with Gasteiger partial charge in [0.25, 0.3) is 5.91 Å². The molecule has 1 aromatic carbocycles. The van der Waals surface area contributed by atoms with E-state index in [-0.39, 0.29) is 5.91 Å². The normalized spacial score (nSPS) is 25.5. The Morgan fingerprint density at radius 2 is 2.17 bits per heavy atom. The lowest BCUT2D eigenvalue weighted by Crippen LogP contribution is -3.14. The molecule has 1 unspecified atom stereocenters. The van der Waals surface area contributed by atoms with E-state index in [2.05, 4.69) is 30.4 Å². The molecule has 3 atom stereocenters. The van der Waals surface area contributed by atoms with E-state index in [1.54, 1.807) is 11.3 Å². The fraction of sp³-hybridized carbons (Fsp3) is 0.579. The van der Waals surface area contributed by atoms with Crippen LogP contribution in [-0.2, 0) is 4.79 Å². The molecule has 2 heterocycles. The predicted molar refractivity (Wildman–Crippen MR) is 97.2 cm³/mol. The molecular formula is C19H26N3OS+. The number of hydrogen-bond acceptors (Lipinski definition) is 3. The Bertz CT molecular complexity index is 691. The summed E-state index contributed by atoms with van der Waals surface area (Å²) in [5, 5.41) is 4.41. The van der Waals surface area contributed by atoms with E-state index in [0.29, 0.717) is 24.5 Å². The highest BCUT2D eigenvalue weighted by Gasteiger charge is 2.33. The van der Waals surface area contributed by atoms with Crippen LogP contribution in [-0.4, -0.2) is 30.0 Å². The molecule has 2 N–H and O–H groups in total. The van der Waals surface area contributed by atoms with E-state index >= 15 is 0 Å². The first-order valence-electron chi connectivity index (χ1n) is 9.20. The summed E-state index contributed by atoms with van der Waals surface area (Å²) in [4.78, 5) is 18.7. The van der Waals surface area contributed by atoms with Crippen molar-refractivity contribution in [1.29, 1.82) is 0 Å². The quantitative estimate of drug-likeness (QED) is 0.874. The van der Waals surface area contributed by atoms with E-state index in [4.69, 9.17) is 4.98 Å². The maximum atomic E-state index is 12.5. The summed E-state index contributed by atoms with van der Waals surface area (Å²) in [6.07, 6.45) is 6.13. The molecule has 2 aromatic rings. The molecule has 128 valence electrons. The number of carbonyl (C=O) groups is 1. The molecule has 1 saturated heterocycles. The molecule has 4 rings (SSSR count). The Morgan fingerprint density at radius 3 is 2.96 bits per heavy atom. The van der Waals surface area contributed by atoms with Crippen molar-refractivity contribution in [3.05, 3.63) is 29.3 Å². The number of piperidine rings is 1. The van der Waals surface area contributed by atoms with Gasteiger partial charge in [-0.25, -0.2) is 4.98 Å². The average molecular weight is 345 g/mol. The number of likely N-dealkylation sites (tertiary alicyclic amines) is 1. The number of amides is 1. The van der Waals surface area contributed by atoms with E-state index in [1.165, 1.54) is 40.3 Å². The van der Waals surface area contributed by atoms with Gasteiger partial charge in [0.1, 0.15) is 6.04 Å². The van der Waals surface area contributed by atoms with Gasteiger partial charge in [-0.2, -0.15) is 0 Å². The first-order chi connectivity index (χ1) is 11.7. The molecule has 24 heavy (non-hydrogen) atoms. The van der Waals surface area contributed by atoms with Gasteiger partial charge in [0.15, 0.2) is 11.6 Å². The summed E-state index contributed by atoms with van der Waals surface area (Å²) in [6.45, 7) is 3.80. The summed E-state index contributed by atoms with van der Waals surface area (Å²) >= 11 is 1.80. The number of fused-ring (bicyclic) bond motifs is 1. The van der Waals surface area contributed by atoms with Crippen LogP contribution >= 0.6 is 11.3 Å². The van der Waals surface area contributed by atoms with Crippen molar-refractivity contribution in [2.45, 2.75) is 51.1 Å². The Morgan fingerprint density at radius 1 is 1.33 bits per heavy atom. The second-order valence-electron chi connectivity index (χ2n) is 7.35. The SMILES string of the molecule is C[C@H](NC(=O)C[NH+]1CCCC[C@@H]1c1nc2ccccc2s1)C1CC1. The highest BCUT2D eigenvalue weighted by molar-refractivity contribution is 7.18. The number of nitrogens with zero attached hydrogens (tertiary/aromatic N) is 1. The van der Waals surface area contributed by atoms with Crippen LogP contribution in [0.3, 0.4) is 0 Å². The van der Waals surface area contributed by atoms with E-state index in [9.17, 15) is 4.79 Å². The van der Waals surface area contributed by atoms with Crippen molar-refractivity contribution in [1.82, 2.24) is 10.3 Å². The van der Waals surface area contributed by atoms with Gasteiger partial charge in [-0.3, -0.25) is 4.79 Å². The van der Waals surface area contributed by atoms with Gasteiger partial charge in [0, 0.05) is 12.5 Å². The van der Waals surface area contributed by atoms with E-state index in [1.807, 2.05) is 6.07 Å². The van der Waals surface area contributed by atoms with Crippen LogP contribution in [0.2, 0.25) is 0 Å². The second-order valence-corrected chi connectivity index (χ2v) is 8.41. The standard InChI is InChI=1S/C19H25N3OS/c1-13(14-9-10-14)20-18(23)12-22-11-5-4-7-16(22)19-21-15-6-2-3-8-17(15)24-19/h2-3,6,8,13-14,16H,4-5,7,9-12H2,1H3,(H,20,23)/p+1/t13-,16+/m0/s1. The molecular weight excluding hydrogens is 318 g/mol. The summed E-state index contributed by atoms with van der Waals surface area (Å²) in [5.74, 6) is 0.919. The molecule has 1 aliphatic heterocycles. The lowest BCUT2D eigenvalue weighted by Gasteiger charge is -2.31. The van der Waals surface area contributed by atoms with Crippen LogP contribution in [0.25, 0.3) is 10.2 Å². The van der Waals surface area contributed by atoms with Crippen molar-refractivity contribution < 1.29 is 9.69 Å². The van der Waals surface area contributed by atoms with Gasteiger partial charge in [0.05, 0.1) is 16.8 Å². The number of hydrogen-bond donors (Lipinski definition) is 2. The molecule has 1 saturated carbocycles. The number of thiazole rings is 1. The van der Waals surface area contributed by atoms with Gasteiger partial charge in [-0.15, -0.1) is 11.3 Å². The van der Waals surface area contributed by atoms with Crippen molar-refractivity contribution >= 4 is 27.5 Å². The third kappa shape index (κ3) is 3.47. The minimum atomic E-state index is 0.206. The smallest absolute Gasteiger partial charge is 0.275 e. The van der Waals surface area contributed by atoms with Crippen molar-refractivity contribution in [3.8, 4) is 0 Å². The van der Waals surface area contributed by atoms with Crippen LogP contribution in [0.15, 0.2) is 24.3 Å². The predicted octanol–water partition coefficient (Wildman–Crippen LogP) is 2.32. The number of benzene rings is 1. The monoisotopic (exact) mass is 344 g/mol. The molecule has 1 aromatic heterocycles. The summed E-state index contributed by atoms with van der Waals surface area (Å²) in [5.41, 5.74) is 1.09. The number of carbonyl (C=O) groups excluding carboxylic acids is 1. The summed E-state index contributed by atoms with van der Waals surface area (Å²) < 4.78 is 1.25. The number of aromatic nitrogens is 1. The van der Waals surface area contributed by atoms with Crippen LogP contribution < -0.4 is 10.2 Å². The van der Waals surface area contributed by atoms with Crippen LogP contribution in [0.4, 0.5) is 0 Å². The fourth-order valence-electron chi connectivity index (χ4n) is 3.85. The first kappa shape index (κ1) is 16.0. The van der Waals surface area contributed by atoms with E-state index in [0.717, 1.165) is 18.5 Å². The molecule has 1 aliphatic carbocycles. The summed E-state index contributed by atoms with van der Waals surface area (Å²) in [7, 11) is 0. The highest BCUT2D eigenvalue weighted by Crippen LogP contribution is 2.32. The van der Waals surface area contributed by atoms with Crippen molar-refractivity contribution in [3.63, 3.8) is 0 Å². The molecule has 2 fully saturated rings. The Balaban J connectivity index is 1.46. The zero-order chi connectivity index (χ0) is 16.5. The second kappa shape index (κ2) is 6.81. The van der Waals surface area contributed by atoms with Gasteiger partial charge in [-0.05, 0) is 50.7 Å². The number of para-hydroxylation sites is 1. The highest BCUT2D eigenvalue weighted by atomic mass is 32.1. The zero-order valence-electron chi connectivity index (χ0n) is 14.3. The summed E-state index contributed by atoms with van der Waals surface area (Å²) in [6, 6.07) is 9.05. The molecule has 0 bridgehead atoms. The third-order valence-corrected chi connectivity index (χ3v) is 6.60. The number of nitrogens with one attached hydrogen (secondary N) is 2. The zero-order valence-corrected chi connectivity index (χ0v) is 15.1. The number of quaternary nitrogens is 1. The molecule has 0 spiro atoms. The van der Waals surface area contributed by atoms with Gasteiger partial charge in [0.2, 0.25) is 0 Å². The topological polar surface area (TPSA) is 46.4 Å². The van der Waals surface area contributed by atoms with Gasteiger partial charge >= 0.3 is 0 Å². The third-order valence-electron chi connectivity index (χ3n) is 5.45. The minimum absolute atomic E-state index is 0.206. The molecule has 5 heteroatoms. The van der Waals surface area contributed by atoms with Crippen LogP contribution in [0.1, 0.15) is 50.1 Å². The molecule has 0 radical (unpaired) electrons. The molecule has 2 aliphatic rings. The van der Waals surface area contributed by atoms with Crippen LogP contribution in [0, 0.1) is 5.92 Å². The van der Waals surface area contributed by atoms with Crippen molar-refractivity contribution in [2.24, 2.45) is 5.92 Å². The Hall–Kier alpha value is -1.46. The van der Waals surface area contributed by atoms with Gasteiger partial charge < -0.3 is 10.2 Å². The number of rotatable bonds is 5. The van der Waals surface area contributed by atoms with Crippen molar-refractivity contribution in [2.75, 3.05) is 13.1 Å². The fourth-order valence-corrected chi connectivity index (χ4v) is 5.01. The largest absolute Gasteiger partial charge is 0.348 e. The lowest BCUT2D eigenvalue weighted by atomic mass is 10.0.